The zero-order valence-corrected chi connectivity index (χ0v) is 15.2. The Morgan fingerprint density at radius 2 is 2.00 bits per heavy atom. The molecule has 3 rings (SSSR count). The molecule has 0 saturated carbocycles. The van der Waals surface area contributed by atoms with Crippen molar-refractivity contribution in [3.63, 3.8) is 0 Å². The molecule has 3 aromatic rings. The number of pyridine rings is 1. The number of carbonyl (C=O) groups is 1. The van der Waals surface area contributed by atoms with Crippen LogP contribution in [0.3, 0.4) is 0 Å². The molecule has 2 aromatic carbocycles. The number of anilines is 1. The van der Waals surface area contributed by atoms with E-state index >= 15 is 0 Å². The first-order chi connectivity index (χ1) is 12.1. The van der Waals surface area contributed by atoms with Crippen LogP contribution in [-0.2, 0) is 6.61 Å². The summed E-state index contributed by atoms with van der Waals surface area (Å²) in [5.41, 5.74) is 1.84. The van der Waals surface area contributed by atoms with Gasteiger partial charge in [-0.25, -0.2) is 4.39 Å². The van der Waals surface area contributed by atoms with Crippen LogP contribution in [0.1, 0.15) is 16.1 Å². The van der Waals surface area contributed by atoms with Gasteiger partial charge in [0.25, 0.3) is 5.91 Å². The number of hydrogen-bond acceptors (Lipinski definition) is 3. The molecule has 1 N–H and O–H groups in total. The van der Waals surface area contributed by atoms with Crippen LogP contribution < -0.4 is 10.1 Å². The van der Waals surface area contributed by atoms with Crippen LogP contribution in [-0.4, -0.2) is 10.9 Å². The normalized spacial score (nSPS) is 10.3. The summed E-state index contributed by atoms with van der Waals surface area (Å²) in [4.78, 5) is 16.5. The lowest BCUT2D eigenvalue weighted by atomic mass is 10.2. The Balaban J connectivity index is 1.68. The molecule has 0 aliphatic carbocycles. The number of carbonyl (C=O) groups excluding carboxylic acids is 1. The molecule has 0 saturated heterocycles. The van der Waals surface area contributed by atoms with Gasteiger partial charge in [-0.1, -0.05) is 12.1 Å². The molecular formula is C19H14FIN2O2. The van der Waals surface area contributed by atoms with E-state index in [-0.39, 0.29) is 11.7 Å². The van der Waals surface area contributed by atoms with Gasteiger partial charge < -0.3 is 10.1 Å². The van der Waals surface area contributed by atoms with Gasteiger partial charge in [0.05, 0.1) is 11.3 Å². The van der Waals surface area contributed by atoms with Crippen LogP contribution >= 0.6 is 22.6 Å². The SMILES string of the molecule is O=C(Nc1cccc(OCc2ccccn2)c1)c1ccc(F)cc1I. The highest BCUT2D eigenvalue weighted by molar-refractivity contribution is 14.1. The second kappa shape index (κ2) is 8.06. The van der Waals surface area contributed by atoms with E-state index in [1.165, 1.54) is 18.2 Å². The van der Waals surface area contributed by atoms with Gasteiger partial charge in [-0.05, 0) is 65.1 Å². The van der Waals surface area contributed by atoms with Crippen molar-refractivity contribution in [1.29, 1.82) is 0 Å². The van der Waals surface area contributed by atoms with E-state index < -0.39 is 0 Å². The molecule has 4 nitrogen and oxygen atoms in total. The van der Waals surface area contributed by atoms with Gasteiger partial charge in [0.1, 0.15) is 18.2 Å². The number of nitrogens with zero attached hydrogens (tertiary/aromatic N) is 1. The second-order valence-electron chi connectivity index (χ2n) is 5.22. The van der Waals surface area contributed by atoms with Crippen molar-refractivity contribution < 1.29 is 13.9 Å². The maximum atomic E-state index is 13.2. The average molecular weight is 448 g/mol. The summed E-state index contributed by atoms with van der Waals surface area (Å²) >= 11 is 1.94. The Kier molecular flexibility index (Phi) is 5.60. The Bertz CT molecular complexity index is 888. The van der Waals surface area contributed by atoms with Crippen molar-refractivity contribution in [2.75, 3.05) is 5.32 Å². The molecule has 1 amide bonds. The van der Waals surface area contributed by atoms with Crippen LogP contribution in [0.2, 0.25) is 0 Å². The standard InChI is InChI=1S/C19H14FIN2O2/c20-13-7-8-17(18(21)10-13)19(24)23-14-5-3-6-16(11-14)25-12-15-4-1-2-9-22-15/h1-11H,12H2,(H,23,24). The molecule has 0 radical (unpaired) electrons. The Hall–Kier alpha value is -2.48. The largest absolute Gasteiger partial charge is 0.487 e. The zero-order valence-electron chi connectivity index (χ0n) is 13.1. The van der Waals surface area contributed by atoms with E-state index in [0.717, 1.165) is 5.69 Å². The summed E-state index contributed by atoms with van der Waals surface area (Å²) in [6, 6.07) is 16.8. The van der Waals surface area contributed by atoms with Gasteiger partial charge in [-0.3, -0.25) is 9.78 Å². The number of amides is 1. The average Bonchev–Trinajstić information content (AvgIpc) is 2.61. The lowest BCUT2D eigenvalue weighted by molar-refractivity contribution is 0.102. The third-order valence-electron chi connectivity index (χ3n) is 3.38. The first-order valence-electron chi connectivity index (χ1n) is 7.51. The van der Waals surface area contributed by atoms with Gasteiger partial charge >= 0.3 is 0 Å². The van der Waals surface area contributed by atoms with E-state index in [0.29, 0.717) is 27.2 Å². The lowest BCUT2D eigenvalue weighted by Crippen LogP contribution is -2.13. The molecule has 1 aromatic heterocycles. The second-order valence-corrected chi connectivity index (χ2v) is 6.38. The fourth-order valence-corrected chi connectivity index (χ4v) is 2.90. The highest BCUT2D eigenvalue weighted by Crippen LogP contribution is 2.20. The van der Waals surface area contributed by atoms with Crippen molar-refractivity contribution in [3.05, 3.63) is 87.5 Å². The number of ether oxygens (including phenoxy) is 1. The minimum atomic E-state index is -0.370. The number of rotatable bonds is 5. The van der Waals surface area contributed by atoms with E-state index in [1.54, 1.807) is 30.5 Å². The van der Waals surface area contributed by atoms with Gasteiger partial charge in [0.2, 0.25) is 0 Å². The first kappa shape index (κ1) is 17.3. The minimum Gasteiger partial charge on any atom is -0.487 e. The summed E-state index contributed by atoms with van der Waals surface area (Å²) in [5.74, 6) is -0.0469. The minimum absolute atomic E-state index is 0.300. The predicted octanol–water partition coefficient (Wildman–Crippen LogP) is 4.66. The molecule has 6 heteroatoms. The number of nitrogens with one attached hydrogen (secondary N) is 1. The van der Waals surface area contributed by atoms with Crippen molar-refractivity contribution in [1.82, 2.24) is 4.98 Å². The van der Waals surface area contributed by atoms with Crippen molar-refractivity contribution >= 4 is 34.2 Å². The molecule has 0 spiro atoms. The van der Waals surface area contributed by atoms with Gasteiger partial charge in [-0.2, -0.15) is 0 Å². The molecule has 0 unspecified atom stereocenters. The van der Waals surface area contributed by atoms with Crippen LogP contribution in [0.4, 0.5) is 10.1 Å². The summed E-state index contributed by atoms with van der Waals surface area (Å²) in [6.45, 7) is 0.341. The van der Waals surface area contributed by atoms with Gasteiger partial charge in [-0.15, -0.1) is 0 Å². The maximum Gasteiger partial charge on any atom is 0.256 e. The predicted molar refractivity (Wildman–Crippen MR) is 102 cm³/mol. The third-order valence-corrected chi connectivity index (χ3v) is 4.27. The van der Waals surface area contributed by atoms with Crippen molar-refractivity contribution in [2.24, 2.45) is 0 Å². The summed E-state index contributed by atoms with van der Waals surface area (Å²) < 4.78 is 19.4. The third kappa shape index (κ3) is 4.76. The molecule has 0 aliphatic heterocycles. The summed E-state index contributed by atoms with van der Waals surface area (Å²) in [7, 11) is 0. The van der Waals surface area contributed by atoms with Crippen LogP contribution in [0.15, 0.2) is 66.9 Å². The van der Waals surface area contributed by atoms with E-state index in [2.05, 4.69) is 10.3 Å². The monoisotopic (exact) mass is 448 g/mol. The number of halogens is 2. The molecule has 1 heterocycles. The summed E-state index contributed by atoms with van der Waals surface area (Å²) in [5, 5.41) is 2.80. The Labute approximate surface area is 158 Å². The van der Waals surface area contributed by atoms with Crippen molar-refractivity contribution in [2.45, 2.75) is 6.61 Å². The van der Waals surface area contributed by atoms with E-state index in [1.807, 2.05) is 40.8 Å². The van der Waals surface area contributed by atoms with Crippen LogP contribution in [0.5, 0.6) is 5.75 Å². The van der Waals surface area contributed by atoms with Crippen molar-refractivity contribution in [3.8, 4) is 5.75 Å². The highest BCUT2D eigenvalue weighted by Gasteiger charge is 2.11. The van der Waals surface area contributed by atoms with Crippen LogP contribution in [0.25, 0.3) is 0 Å². The summed E-state index contributed by atoms with van der Waals surface area (Å²) in [6.07, 6.45) is 1.71. The molecule has 0 aliphatic rings. The molecule has 25 heavy (non-hydrogen) atoms. The Morgan fingerprint density at radius 1 is 1.12 bits per heavy atom. The fourth-order valence-electron chi connectivity index (χ4n) is 2.18. The van der Waals surface area contributed by atoms with Gasteiger partial charge in [0, 0.05) is 21.5 Å². The highest BCUT2D eigenvalue weighted by atomic mass is 127. The molecule has 0 atom stereocenters. The van der Waals surface area contributed by atoms with E-state index in [4.69, 9.17) is 4.74 Å². The maximum absolute atomic E-state index is 13.2. The molecule has 126 valence electrons. The lowest BCUT2D eigenvalue weighted by Gasteiger charge is -2.10. The Morgan fingerprint density at radius 3 is 2.76 bits per heavy atom. The number of aromatic nitrogens is 1. The smallest absolute Gasteiger partial charge is 0.256 e. The first-order valence-corrected chi connectivity index (χ1v) is 8.59. The molecule has 0 bridgehead atoms. The number of benzene rings is 2. The number of hydrogen-bond donors (Lipinski definition) is 1. The zero-order chi connectivity index (χ0) is 17.6. The topological polar surface area (TPSA) is 51.2 Å². The molecular weight excluding hydrogens is 434 g/mol. The van der Waals surface area contributed by atoms with Gasteiger partial charge in [0.15, 0.2) is 0 Å². The molecule has 0 fully saturated rings. The van der Waals surface area contributed by atoms with Crippen LogP contribution in [0, 0.1) is 9.39 Å². The van der Waals surface area contributed by atoms with E-state index in [9.17, 15) is 9.18 Å². The quantitative estimate of drug-likeness (QED) is 0.578. The fraction of sp³-hybridized carbons (Fsp3) is 0.0526.